The Balaban J connectivity index is 2.25. The molecule has 0 heterocycles. The molecule has 0 bridgehead atoms. The molecule has 0 unspecified atom stereocenters. The number of nitrogens with zero attached hydrogens (tertiary/aromatic N) is 2. The average Bonchev–Trinajstić information content (AvgIpc) is 2.40. The molecule has 0 aliphatic rings. The lowest BCUT2D eigenvalue weighted by molar-refractivity contribution is 0.476. The van der Waals surface area contributed by atoms with Gasteiger partial charge in [-0.25, -0.2) is 0 Å². The number of rotatable bonds is 3. The Labute approximate surface area is 111 Å². The predicted octanol–water partition coefficient (Wildman–Crippen LogP) is 5.02. The molecule has 0 aliphatic heterocycles. The van der Waals surface area contributed by atoms with E-state index in [1.54, 1.807) is 30.3 Å². The molecule has 0 aromatic heterocycles. The zero-order chi connectivity index (χ0) is 13.0. The summed E-state index contributed by atoms with van der Waals surface area (Å²) >= 11 is 5.78. The van der Waals surface area contributed by atoms with Crippen molar-refractivity contribution in [3.63, 3.8) is 0 Å². The van der Waals surface area contributed by atoms with Gasteiger partial charge >= 0.3 is 0 Å². The molecule has 0 radical (unpaired) electrons. The quantitative estimate of drug-likeness (QED) is 0.774. The summed E-state index contributed by atoms with van der Waals surface area (Å²) in [4.78, 5) is 0. The molecule has 0 saturated carbocycles. The van der Waals surface area contributed by atoms with Crippen LogP contribution >= 0.6 is 11.6 Å². The summed E-state index contributed by atoms with van der Waals surface area (Å²) in [6.07, 6.45) is 0.893. The summed E-state index contributed by atoms with van der Waals surface area (Å²) in [5, 5.41) is 18.4. The summed E-state index contributed by atoms with van der Waals surface area (Å²) < 4.78 is 0. The van der Waals surface area contributed by atoms with Crippen LogP contribution in [0.4, 0.5) is 11.4 Å². The highest BCUT2D eigenvalue weighted by Crippen LogP contribution is 2.29. The molecule has 0 spiro atoms. The van der Waals surface area contributed by atoms with E-state index in [1.165, 1.54) is 0 Å². The number of azo groups is 1. The van der Waals surface area contributed by atoms with Gasteiger partial charge < -0.3 is 5.11 Å². The highest BCUT2D eigenvalue weighted by molar-refractivity contribution is 6.30. The van der Waals surface area contributed by atoms with Crippen LogP contribution in [0.1, 0.15) is 12.5 Å². The molecular weight excluding hydrogens is 248 g/mol. The first-order valence-corrected chi connectivity index (χ1v) is 6.06. The fraction of sp³-hybridized carbons (Fsp3) is 0.143. The predicted molar refractivity (Wildman–Crippen MR) is 73.1 cm³/mol. The van der Waals surface area contributed by atoms with Gasteiger partial charge in [-0.15, -0.1) is 5.11 Å². The van der Waals surface area contributed by atoms with Crippen molar-refractivity contribution in [3.05, 3.63) is 53.1 Å². The largest absolute Gasteiger partial charge is 0.506 e. The van der Waals surface area contributed by atoms with Crippen molar-refractivity contribution in [2.24, 2.45) is 10.2 Å². The number of aromatic hydroxyl groups is 1. The molecule has 1 N–H and O–H groups in total. The van der Waals surface area contributed by atoms with Crippen molar-refractivity contribution in [2.75, 3.05) is 0 Å². The van der Waals surface area contributed by atoms with E-state index in [-0.39, 0.29) is 5.75 Å². The van der Waals surface area contributed by atoms with E-state index in [2.05, 4.69) is 10.2 Å². The highest BCUT2D eigenvalue weighted by atomic mass is 35.5. The number of hydrogen-bond acceptors (Lipinski definition) is 3. The summed E-state index contributed by atoms with van der Waals surface area (Å²) in [6, 6.07) is 12.4. The monoisotopic (exact) mass is 260 g/mol. The van der Waals surface area contributed by atoms with Crippen LogP contribution in [-0.4, -0.2) is 5.11 Å². The minimum absolute atomic E-state index is 0.130. The van der Waals surface area contributed by atoms with E-state index in [0.717, 1.165) is 12.0 Å². The molecule has 0 atom stereocenters. The highest BCUT2D eigenvalue weighted by Gasteiger charge is 2.00. The topological polar surface area (TPSA) is 45.0 Å². The van der Waals surface area contributed by atoms with Gasteiger partial charge in [0.15, 0.2) is 0 Å². The van der Waals surface area contributed by atoms with Crippen LogP contribution in [0.25, 0.3) is 0 Å². The van der Waals surface area contributed by atoms with Crippen LogP contribution in [0.3, 0.4) is 0 Å². The van der Waals surface area contributed by atoms with Gasteiger partial charge in [0.2, 0.25) is 0 Å². The fourth-order valence-electron chi connectivity index (χ4n) is 1.49. The Kier molecular flexibility index (Phi) is 3.95. The maximum atomic E-state index is 9.68. The van der Waals surface area contributed by atoms with Gasteiger partial charge in [0.1, 0.15) is 11.4 Å². The van der Waals surface area contributed by atoms with Gasteiger partial charge in [0, 0.05) is 5.02 Å². The lowest BCUT2D eigenvalue weighted by atomic mass is 10.1. The average molecular weight is 261 g/mol. The Morgan fingerprint density at radius 1 is 1.06 bits per heavy atom. The van der Waals surface area contributed by atoms with Crippen molar-refractivity contribution in [2.45, 2.75) is 13.3 Å². The summed E-state index contributed by atoms with van der Waals surface area (Å²) in [5.41, 5.74) is 2.28. The minimum Gasteiger partial charge on any atom is -0.506 e. The van der Waals surface area contributed by atoms with E-state index < -0.39 is 0 Å². The van der Waals surface area contributed by atoms with Crippen LogP contribution in [-0.2, 0) is 6.42 Å². The second kappa shape index (κ2) is 5.65. The number of benzene rings is 2. The molecule has 2 aromatic carbocycles. The Morgan fingerprint density at radius 3 is 2.44 bits per heavy atom. The number of phenolic OH excluding ortho intramolecular Hbond substituents is 1. The van der Waals surface area contributed by atoms with Gasteiger partial charge in [-0.1, -0.05) is 24.6 Å². The Morgan fingerprint density at radius 2 is 1.78 bits per heavy atom. The molecule has 18 heavy (non-hydrogen) atoms. The van der Waals surface area contributed by atoms with Crippen LogP contribution in [0, 0.1) is 0 Å². The van der Waals surface area contributed by atoms with Crippen molar-refractivity contribution in [1.82, 2.24) is 0 Å². The number of halogens is 1. The third-order valence-electron chi connectivity index (χ3n) is 2.55. The lowest BCUT2D eigenvalue weighted by Crippen LogP contribution is -1.78. The lowest BCUT2D eigenvalue weighted by Gasteiger charge is -2.01. The van der Waals surface area contributed by atoms with Crippen LogP contribution in [0.15, 0.2) is 52.7 Å². The van der Waals surface area contributed by atoms with E-state index in [9.17, 15) is 5.11 Å². The molecule has 2 rings (SSSR count). The van der Waals surface area contributed by atoms with E-state index in [4.69, 9.17) is 11.6 Å². The standard InChI is InChI=1S/C14H13ClN2O/c1-2-10-3-8-14(18)13(9-10)17-16-12-6-4-11(15)5-7-12/h3-9,18H,2H2,1H3. The second-order valence-electron chi connectivity index (χ2n) is 3.85. The number of phenols is 1. The van der Waals surface area contributed by atoms with Gasteiger partial charge in [-0.3, -0.25) is 0 Å². The summed E-state index contributed by atoms with van der Waals surface area (Å²) in [7, 11) is 0. The number of aryl methyl sites for hydroxylation is 1. The van der Waals surface area contributed by atoms with E-state index in [0.29, 0.717) is 16.4 Å². The van der Waals surface area contributed by atoms with Gasteiger partial charge in [0.25, 0.3) is 0 Å². The SMILES string of the molecule is CCc1ccc(O)c(N=Nc2ccc(Cl)cc2)c1. The van der Waals surface area contributed by atoms with Gasteiger partial charge in [-0.05, 0) is 48.4 Å². The first-order valence-electron chi connectivity index (χ1n) is 5.68. The Bertz CT molecular complexity index is 565. The van der Waals surface area contributed by atoms with E-state index >= 15 is 0 Å². The molecule has 92 valence electrons. The van der Waals surface area contributed by atoms with E-state index in [1.807, 2.05) is 19.1 Å². The molecule has 0 saturated heterocycles. The number of hydrogen-bond donors (Lipinski definition) is 1. The second-order valence-corrected chi connectivity index (χ2v) is 4.29. The molecule has 3 nitrogen and oxygen atoms in total. The maximum Gasteiger partial charge on any atom is 0.143 e. The normalized spacial score (nSPS) is 11.0. The smallest absolute Gasteiger partial charge is 0.143 e. The first kappa shape index (κ1) is 12.6. The molecule has 0 amide bonds. The molecule has 0 aliphatic carbocycles. The van der Waals surface area contributed by atoms with Crippen molar-refractivity contribution in [1.29, 1.82) is 0 Å². The van der Waals surface area contributed by atoms with Crippen molar-refractivity contribution < 1.29 is 5.11 Å². The maximum absolute atomic E-state index is 9.68. The summed E-state index contributed by atoms with van der Waals surface area (Å²) in [6.45, 7) is 2.05. The van der Waals surface area contributed by atoms with Crippen LogP contribution in [0.5, 0.6) is 5.75 Å². The zero-order valence-electron chi connectivity index (χ0n) is 9.97. The fourth-order valence-corrected chi connectivity index (χ4v) is 1.61. The molecular formula is C14H13ClN2O. The van der Waals surface area contributed by atoms with Gasteiger partial charge in [0.05, 0.1) is 5.69 Å². The third kappa shape index (κ3) is 3.08. The molecule has 4 heteroatoms. The van der Waals surface area contributed by atoms with Gasteiger partial charge in [-0.2, -0.15) is 5.11 Å². The zero-order valence-corrected chi connectivity index (χ0v) is 10.7. The first-order chi connectivity index (χ1) is 8.69. The van der Waals surface area contributed by atoms with Crippen LogP contribution < -0.4 is 0 Å². The van der Waals surface area contributed by atoms with Crippen molar-refractivity contribution in [3.8, 4) is 5.75 Å². The van der Waals surface area contributed by atoms with Crippen LogP contribution in [0.2, 0.25) is 5.02 Å². The third-order valence-corrected chi connectivity index (χ3v) is 2.80. The molecule has 2 aromatic rings. The Hall–Kier alpha value is -1.87. The summed E-state index contributed by atoms with van der Waals surface area (Å²) in [5.74, 6) is 0.130. The minimum atomic E-state index is 0.130. The van der Waals surface area contributed by atoms with Crippen molar-refractivity contribution >= 4 is 23.0 Å². The molecule has 0 fully saturated rings.